The molecule has 2 aliphatic carbocycles. The summed E-state index contributed by atoms with van der Waals surface area (Å²) in [6, 6.07) is 11.4. The second-order valence-electron chi connectivity index (χ2n) is 7.81. The molecule has 5 rings (SSSR count). The number of rotatable bonds is 4. The number of hydrogen-bond acceptors (Lipinski definition) is 5. The van der Waals surface area contributed by atoms with E-state index < -0.39 is 5.97 Å². The zero-order chi connectivity index (χ0) is 21.7. The summed E-state index contributed by atoms with van der Waals surface area (Å²) in [6.45, 7) is 0. The van der Waals surface area contributed by atoms with Gasteiger partial charge in [0.15, 0.2) is 0 Å². The van der Waals surface area contributed by atoms with E-state index in [2.05, 4.69) is 21.0 Å². The monoisotopic (exact) mass is 498 g/mol. The van der Waals surface area contributed by atoms with Crippen molar-refractivity contribution in [3.05, 3.63) is 75.2 Å². The van der Waals surface area contributed by atoms with Crippen LogP contribution in [0.5, 0.6) is 5.75 Å². The van der Waals surface area contributed by atoms with Gasteiger partial charge >= 0.3 is 5.97 Å². The van der Waals surface area contributed by atoms with Crippen molar-refractivity contribution in [1.82, 2.24) is 5.01 Å². The van der Waals surface area contributed by atoms with Crippen molar-refractivity contribution in [3.8, 4) is 5.75 Å². The Morgan fingerprint density at radius 3 is 2.35 bits per heavy atom. The fourth-order valence-electron chi connectivity index (χ4n) is 4.58. The average Bonchev–Trinajstić information content (AvgIpc) is 3.43. The van der Waals surface area contributed by atoms with Crippen molar-refractivity contribution in [2.24, 2.45) is 28.8 Å². The molecule has 1 saturated carbocycles. The molecule has 0 unspecified atom stereocenters. The van der Waals surface area contributed by atoms with Gasteiger partial charge in [0.2, 0.25) is 0 Å². The molecule has 1 saturated heterocycles. The highest BCUT2D eigenvalue weighted by Crippen LogP contribution is 2.52. The van der Waals surface area contributed by atoms with Crippen LogP contribution >= 0.6 is 27.5 Å². The van der Waals surface area contributed by atoms with Gasteiger partial charge in [0.05, 0.1) is 23.6 Å². The Labute approximate surface area is 191 Å². The number of carbonyl (C=O) groups is 3. The topological polar surface area (TPSA) is 76.0 Å². The quantitative estimate of drug-likeness (QED) is 0.205. The standard InChI is InChI=1S/C23H16BrClN2O4/c24-16-5-8-18(31-23(30)12-3-6-17(25)7-4-12)15(10-16)11-26-27-21(28)19-13-1-2-14(9-13)20(19)22(27)29/h1-8,10-11,13-14,19-20H,9H2/t13-,14-,19-,20+/m0/s1. The lowest BCUT2D eigenvalue weighted by Gasteiger charge is -2.13. The van der Waals surface area contributed by atoms with Gasteiger partial charge < -0.3 is 4.74 Å². The van der Waals surface area contributed by atoms with E-state index in [-0.39, 0.29) is 41.2 Å². The van der Waals surface area contributed by atoms with Crippen LogP contribution in [0.3, 0.4) is 0 Å². The van der Waals surface area contributed by atoms with Crippen LogP contribution in [0.25, 0.3) is 0 Å². The highest BCUT2D eigenvalue weighted by Gasteiger charge is 2.59. The Kier molecular flexibility index (Phi) is 5.02. The van der Waals surface area contributed by atoms with Crippen molar-refractivity contribution in [2.45, 2.75) is 6.42 Å². The van der Waals surface area contributed by atoms with E-state index in [9.17, 15) is 14.4 Å². The van der Waals surface area contributed by atoms with Gasteiger partial charge in [-0.05, 0) is 60.7 Å². The maximum atomic E-state index is 12.8. The molecule has 2 bridgehead atoms. The van der Waals surface area contributed by atoms with Crippen molar-refractivity contribution in [3.63, 3.8) is 0 Å². The minimum atomic E-state index is -0.556. The van der Waals surface area contributed by atoms with Crippen LogP contribution in [0.2, 0.25) is 5.02 Å². The largest absolute Gasteiger partial charge is 0.422 e. The Balaban J connectivity index is 1.38. The molecular weight excluding hydrogens is 484 g/mol. The zero-order valence-electron chi connectivity index (χ0n) is 16.1. The Morgan fingerprint density at radius 2 is 1.71 bits per heavy atom. The first-order valence-corrected chi connectivity index (χ1v) is 11.0. The first kappa shape index (κ1) is 20.2. The molecule has 1 heterocycles. The van der Waals surface area contributed by atoms with Crippen LogP contribution in [0.15, 0.2) is 64.2 Å². The lowest BCUT2D eigenvalue weighted by Crippen LogP contribution is -2.28. The van der Waals surface area contributed by atoms with Gasteiger partial charge in [0.25, 0.3) is 11.8 Å². The first-order chi connectivity index (χ1) is 14.9. The minimum absolute atomic E-state index is 0.119. The number of hydrazone groups is 1. The third kappa shape index (κ3) is 3.51. The second kappa shape index (κ2) is 7.73. The van der Waals surface area contributed by atoms with Crippen LogP contribution in [-0.4, -0.2) is 29.0 Å². The van der Waals surface area contributed by atoms with Gasteiger partial charge in [0, 0.05) is 15.1 Å². The highest BCUT2D eigenvalue weighted by atomic mass is 79.9. The molecule has 2 amide bonds. The summed E-state index contributed by atoms with van der Waals surface area (Å²) in [7, 11) is 0. The van der Waals surface area contributed by atoms with Gasteiger partial charge in [0.1, 0.15) is 5.75 Å². The van der Waals surface area contributed by atoms with Crippen LogP contribution in [0, 0.1) is 23.7 Å². The Hall–Kier alpha value is -2.77. The first-order valence-electron chi connectivity index (χ1n) is 9.80. The fourth-order valence-corrected chi connectivity index (χ4v) is 5.08. The molecule has 2 fully saturated rings. The third-order valence-corrected chi connectivity index (χ3v) is 6.76. The van der Waals surface area contributed by atoms with Gasteiger partial charge in [-0.15, -0.1) is 0 Å². The molecule has 156 valence electrons. The molecule has 0 radical (unpaired) electrons. The molecule has 6 nitrogen and oxygen atoms in total. The predicted octanol–water partition coefficient (Wildman–Crippen LogP) is 4.46. The number of nitrogens with zero attached hydrogens (tertiary/aromatic N) is 2. The maximum Gasteiger partial charge on any atom is 0.343 e. The van der Waals surface area contributed by atoms with E-state index in [1.807, 2.05) is 12.2 Å². The summed E-state index contributed by atoms with van der Waals surface area (Å²) in [6.07, 6.45) is 6.31. The average molecular weight is 500 g/mol. The smallest absolute Gasteiger partial charge is 0.343 e. The Morgan fingerprint density at radius 1 is 1.06 bits per heavy atom. The van der Waals surface area contributed by atoms with E-state index in [4.69, 9.17) is 16.3 Å². The summed E-state index contributed by atoms with van der Waals surface area (Å²) in [5.74, 6) is -1.22. The lowest BCUT2D eigenvalue weighted by molar-refractivity contribution is -0.140. The zero-order valence-corrected chi connectivity index (χ0v) is 18.4. The van der Waals surface area contributed by atoms with E-state index >= 15 is 0 Å². The van der Waals surface area contributed by atoms with Crippen molar-refractivity contribution < 1.29 is 19.1 Å². The number of halogens is 2. The van der Waals surface area contributed by atoms with Gasteiger partial charge in [-0.1, -0.05) is 39.7 Å². The van der Waals surface area contributed by atoms with Gasteiger partial charge in [-0.3, -0.25) is 9.59 Å². The van der Waals surface area contributed by atoms with Crippen molar-refractivity contribution >= 4 is 51.5 Å². The number of fused-ring (bicyclic) bond motifs is 5. The Bertz CT molecular complexity index is 1130. The minimum Gasteiger partial charge on any atom is -0.422 e. The van der Waals surface area contributed by atoms with E-state index in [1.54, 1.807) is 42.5 Å². The van der Waals surface area contributed by atoms with Gasteiger partial charge in [-0.2, -0.15) is 10.1 Å². The molecule has 0 aromatic heterocycles. The molecule has 2 aromatic rings. The number of allylic oxidation sites excluding steroid dienone is 2. The molecule has 31 heavy (non-hydrogen) atoms. The number of amides is 2. The fraction of sp³-hybridized carbons (Fsp3) is 0.217. The molecule has 0 N–H and O–H groups in total. The molecule has 2 aromatic carbocycles. The summed E-state index contributed by atoms with van der Waals surface area (Å²) < 4.78 is 6.26. The summed E-state index contributed by atoms with van der Waals surface area (Å²) in [5.41, 5.74) is 0.798. The van der Waals surface area contributed by atoms with Crippen molar-refractivity contribution in [2.75, 3.05) is 0 Å². The van der Waals surface area contributed by atoms with Crippen LogP contribution in [0.4, 0.5) is 0 Å². The molecule has 1 aliphatic heterocycles. The number of imide groups is 1. The van der Waals surface area contributed by atoms with Crippen LogP contribution in [0.1, 0.15) is 22.3 Å². The number of hydrogen-bond donors (Lipinski definition) is 0. The second-order valence-corrected chi connectivity index (χ2v) is 9.16. The van der Waals surface area contributed by atoms with E-state index in [0.717, 1.165) is 15.9 Å². The van der Waals surface area contributed by atoms with Gasteiger partial charge in [-0.25, -0.2) is 4.79 Å². The van der Waals surface area contributed by atoms with Crippen LogP contribution < -0.4 is 4.74 Å². The predicted molar refractivity (Wildman–Crippen MR) is 118 cm³/mol. The summed E-state index contributed by atoms with van der Waals surface area (Å²) in [4.78, 5) is 38.1. The number of esters is 1. The molecular formula is C23H16BrClN2O4. The summed E-state index contributed by atoms with van der Waals surface area (Å²) >= 11 is 9.25. The number of ether oxygens (including phenoxy) is 1. The van der Waals surface area contributed by atoms with E-state index in [0.29, 0.717) is 16.1 Å². The maximum absolute atomic E-state index is 12.8. The molecule has 0 spiro atoms. The normalized spacial score (nSPS) is 26.2. The summed E-state index contributed by atoms with van der Waals surface area (Å²) in [5, 5.41) is 5.66. The SMILES string of the molecule is O=C(Oc1ccc(Br)cc1C=NN1C(=O)[C@@H]2[C@H](C1=O)[C@H]1C=C[C@H]2C1)c1ccc(Cl)cc1. The molecule has 4 atom stereocenters. The lowest BCUT2D eigenvalue weighted by atomic mass is 9.85. The number of carbonyl (C=O) groups excluding carboxylic acids is 3. The molecule has 3 aliphatic rings. The van der Waals surface area contributed by atoms with Crippen molar-refractivity contribution in [1.29, 1.82) is 0 Å². The third-order valence-electron chi connectivity index (χ3n) is 6.01. The number of benzene rings is 2. The molecule has 8 heteroatoms. The highest BCUT2D eigenvalue weighted by molar-refractivity contribution is 9.10. The van der Waals surface area contributed by atoms with Crippen LogP contribution in [-0.2, 0) is 9.59 Å². The van der Waals surface area contributed by atoms with E-state index in [1.165, 1.54) is 6.21 Å².